The van der Waals surface area contributed by atoms with Crippen LogP contribution in [0.15, 0.2) is 84.9 Å². The van der Waals surface area contributed by atoms with Crippen LogP contribution in [0.5, 0.6) is 5.75 Å². The van der Waals surface area contributed by atoms with E-state index in [2.05, 4.69) is 26.6 Å². The number of carbonyl (C=O) groups is 6. The van der Waals surface area contributed by atoms with Crippen molar-refractivity contribution in [1.29, 1.82) is 0 Å². The van der Waals surface area contributed by atoms with Crippen molar-refractivity contribution in [3.05, 3.63) is 102 Å². The van der Waals surface area contributed by atoms with Crippen LogP contribution in [0.25, 0.3) is 0 Å². The van der Waals surface area contributed by atoms with Crippen LogP contribution in [0.4, 0.5) is 4.79 Å². The van der Waals surface area contributed by atoms with E-state index in [1.54, 1.807) is 66.7 Å². The largest absolute Gasteiger partial charge is 0.508 e. The van der Waals surface area contributed by atoms with E-state index in [-0.39, 0.29) is 31.1 Å². The van der Waals surface area contributed by atoms with E-state index >= 15 is 0 Å². The second-order valence-corrected chi connectivity index (χ2v) is 12.0. The number of phenols is 1. The molecular formula is C36H44N6O8. The Morgan fingerprint density at radius 1 is 0.640 bits per heavy atom. The van der Waals surface area contributed by atoms with Gasteiger partial charge in [-0.05, 0) is 41.2 Å². The molecule has 6 amide bonds. The monoisotopic (exact) mass is 688 g/mol. The fourth-order valence-electron chi connectivity index (χ4n) is 4.81. The zero-order valence-electron chi connectivity index (χ0n) is 28.0. The number of alkyl carbamates (subject to hydrolysis) is 1. The Kier molecular flexibility index (Phi) is 15.3. The number of benzene rings is 3. The van der Waals surface area contributed by atoms with Gasteiger partial charge in [0, 0.05) is 12.8 Å². The minimum Gasteiger partial charge on any atom is -0.508 e. The molecule has 8 N–H and O–H groups in total. The lowest BCUT2D eigenvalue weighted by atomic mass is 10.0. The number of ether oxygens (including phenoxy) is 1. The smallest absolute Gasteiger partial charge is 0.408 e. The van der Waals surface area contributed by atoms with Crippen molar-refractivity contribution >= 4 is 35.6 Å². The summed E-state index contributed by atoms with van der Waals surface area (Å²) in [6.07, 6.45) is -0.405. The summed E-state index contributed by atoms with van der Waals surface area (Å²) < 4.78 is 5.25. The Morgan fingerprint density at radius 3 is 1.76 bits per heavy atom. The fourth-order valence-corrected chi connectivity index (χ4v) is 4.81. The lowest BCUT2D eigenvalue weighted by Gasteiger charge is -2.23. The lowest BCUT2D eigenvalue weighted by Crippen LogP contribution is -2.55. The first-order valence-electron chi connectivity index (χ1n) is 16.1. The molecular weight excluding hydrogens is 644 g/mol. The van der Waals surface area contributed by atoms with E-state index < -0.39 is 66.8 Å². The van der Waals surface area contributed by atoms with Gasteiger partial charge < -0.3 is 42.2 Å². The molecule has 0 radical (unpaired) electrons. The summed E-state index contributed by atoms with van der Waals surface area (Å²) in [6, 6.07) is 20.8. The minimum atomic E-state index is -1.14. The number of nitrogens with one attached hydrogen (secondary N) is 5. The first-order valence-corrected chi connectivity index (χ1v) is 16.1. The summed E-state index contributed by atoms with van der Waals surface area (Å²) >= 11 is 0. The second kappa shape index (κ2) is 19.8. The maximum absolute atomic E-state index is 13.2. The standard InChI is InChI=1S/C36H44N6O8/c1-23(2)17-28(33(37)46)41-35(48)30(18-24-9-5-3-6-10-24)40-32(45)21-38-31(44)20-39-34(47)29(19-25-13-15-27(43)16-14-25)42-36(49)50-22-26-11-7-4-8-12-26/h3-16,23,28-30,43H,17-22H2,1-2H3,(H2,37,46)(H,38,44)(H,39,47)(H,40,45)(H,41,48)(H,42,49)/t28-,29-,30-/m0/s1. The average molecular weight is 689 g/mol. The van der Waals surface area contributed by atoms with Gasteiger partial charge in [0.25, 0.3) is 0 Å². The Morgan fingerprint density at radius 2 is 1.18 bits per heavy atom. The van der Waals surface area contributed by atoms with Gasteiger partial charge in [-0.1, -0.05) is 86.6 Å². The van der Waals surface area contributed by atoms with Crippen LogP contribution in [0.2, 0.25) is 0 Å². The molecule has 0 unspecified atom stereocenters. The number of hydrogen-bond donors (Lipinski definition) is 7. The molecule has 0 aliphatic carbocycles. The summed E-state index contributed by atoms with van der Waals surface area (Å²) in [6.45, 7) is 2.69. The highest BCUT2D eigenvalue weighted by atomic mass is 16.5. The SMILES string of the molecule is CC(C)C[C@H](NC(=O)[C@H](Cc1ccccc1)NC(=O)CNC(=O)CNC(=O)[C@H](Cc1ccc(O)cc1)NC(=O)OCc1ccccc1)C(N)=O. The number of carbonyl (C=O) groups excluding carboxylic acids is 6. The van der Waals surface area contributed by atoms with E-state index in [0.717, 1.165) is 11.1 Å². The molecule has 3 rings (SSSR count). The number of primary amides is 1. The average Bonchev–Trinajstić information content (AvgIpc) is 3.09. The number of amides is 6. The van der Waals surface area contributed by atoms with Crippen LogP contribution < -0.4 is 32.3 Å². The van der Waals surface area contributed by atoms with E-state index in [0.29, 0.717) is 12.0 Å². The van der Waals surface area contributed by atoms with Crippen LogP contribution in [0, 0.1) is 5.92 Å². The van der Waals surface area contributed by atoms with Crippen LogP contribution in [-0.4, -0.2) is 72.0 Å². The van der Waals surface area contributed by atoms with Crippen LogP contribution in [0.1, 0.15) is 37.0 Å². The number of phenolic OH excluding ortho intramolecular Hbond substituents is 1. The number of nitrogens with two attached hydrogens (primary N) is 1. The van der Waals surface area contributed by atoms with Gasteiger partial charge in [-0.3, -0.25) is 24.0 Å². The molecule has 3 aromatic rings. The van der Waals surface area contributed by atoms with Crippen molar-refractivity contribution in [1.82, 2.24) is 26.6 Å². The van der Waals surface area contributed by atoms with E-state index in [1.165, 1.54) is 12.1 Å². The van der Waals surface area contributed by atoms with Crippen molar-refractivity contribution in [3.8, 4) is 5.75 Å². The van der Waals surface area contributed by atoms with Gasteiger partial charge in [-0.25, -0.2) is 4.79 Å². The molecule has 14 heteroatoms. The minimum absolute atomic E-state index is 0.0230. The summed E-state index contributed by atoms with van der Waals surface area (Å²) in [5.41, 5.74) is 7.60. The predicted molar refractivity (Wildman–Crippen MR) is 184 cm³/mol. The molecule has 3 aromatic carbocycles. The summed E-state index contributed by atoms with van der Waals surface area (Å²) in [7, 11) is 0. The molecule has 0 fully saturated rings. The van der Waals surface area contributed by atoms with Gasteiger partial charge >= 0.3 is 6.09 Å². The van der Waals surface area contributed by atoms with Crippen molar-refractivity contribution in [2.24, 2.45) is 11.7 Å². The first kappa shape index (κ1) is 38.5. The number of rotatable bonds is 18. The van der Waals surface area contributed by atoms with Gasteiger partial charge in [0.1, 0.15) is 30.5 Å². The van der Waals surface area contributed by atoms with Gasteiger partial charge in [-0.2, -0.15) is 0 Å². The first-order chi connectivity index (χ1) is 23.9. The Labute approximate surface area is 290 Å². The second-order valence-electron chi connectivity index (χ2n) is 12.0. The highest BCUT2D eigenvalue weighted by Crippen LogP contribution is 2.12. The molecule has 0 heterocycles. The predicted octanol–water partition coefficient (Wildman–Crippen LogP) is 1.21. The maximum Gasteiger partial charge on any atom is 0.408 e. The van der Waals surface area contributed by atoms with Gasteiger partial charge in [0.2, 0.25) is 29.5 Å². The molecule has 0 aromatic heterocycles. The molecule has 0 aliphatic heterocycles. The highest BCUT2D eigenvalue weighted by molar-refractivity contribution is 5.94. The lowest BCUT2D eigenvalue weighted by molar-refractivity contribution is -0.132. The molecule has 0 saturated carbocycles. The Bertz CT molecular complexity index is 1590. The molecule has 0 bridgehead atoms. The van der Waals surface area contributed by atoms with Gasteiger partial charge in [0.05, 0.1) is 13.1 Å². The summed E-state index contributed by atoms with van der Waals surface area (Å²) in [5.74, 6) is -3.31. The van der Waals surface area contributed by atoms with Gasteiger partial charge in [-0.15, -0.1) is 0 Å². The Hall–Kier alpha value is -5.92. The van der Waals surface area contributed by atoms with Crippen LogP contribution in [0.3, 0.4) is 0 Å². The molecule has 266 valence electrons. The zero-order valence-corrected chi connectivity index (χ0v) is 28.0. The molecule has 50 heavy (non-hydrogen) atoms. The van der Waals surface area contributed by atoms with Crippen molar-refractivity contribution < 1.29 is 38.6 Å². The van der Waals surface area contributed by atoms with Crippen molar-refractivity contribution in [2.45, 2.75) is 57.8 Å². The highest BCUT2D eigenvalue weighted by Gasteiger charge is 2.27. The maximum atomic E-state index is 13.2. The van der Waals surface area contributed by atoms with E-state index in [1.807, 2.05) is 19.9 Å². The van der Waals surface area contributed by atoms with Gasteiger partial charge in [0.15, 0.2) is 0 Å². The molecule has 14 nitrogen and oxygen atoms in total. The van der Waals surface area contributed by atoms with Crippen molar-refractivity contribution in [3.63, 3.8) is 0 Å². The summed E-state index contributed by atoms with van der Waals surface area (Å²) in [5, 5.41) is 22.2. The number of hydrogen-bond acceptors (Lipinski definition) is 8. The van der Waals surface area contributed by atoms with E-state index in [9.17, 15) is 33.9 Å². The molecule has 3 atom stereocenters. The molecule has 0 saturated heterocycles. The third kappa shape index (κ3) is 14.1. The third-order valence-electron chi connectivity index (χ3n) is 7.37. The molecule has 0 spiro atoms. The number of aromatic hydroxyl groups is 1. The van der Waals surface area contributed by atoms with Crippen LogP contribution in [-0.2, 0) is 48.2 Å². The Balaban J connectivity index is 1.56. The molecule has 0 aliphatic rings. The topological polar surface area (TPSA) is 218 Å². The zero-order chi connectivity index (χ0) is 36.5. The van der Waals surface area contributed by atoms with Crippen LogP contribution >= 0.6 is 0 Å². The summed E-state index contributed by atoms with van der Waals surface area (Å²) in [4.78, 5) is 76.2. The third-order valence-corrected chi connectivity index (χ3v) is 7.37. The van der Waals surface area contributed by atoms with Crippen molar-refractivity contribution in [2.75, 3.05) is 13.1 Å². The van der Waals surface area contributed by atoms with E-state index in [4.69, 9.17) is 10.5 Å². The quantitative estimate of drug-likeness (QED) is 0.103. The fraction of sp³-hybridized carbons (Fsp3) is 0.333. The normalized spacial score (nSPS) is 12.5.